The molecule has 0 unspecified atom stereocenters. The Labute approximate surface area is 57.9 Å². The summed E-state index contributed by atoms with van der Waals surface area (Å²) in [7, 11) is 1.37. The van der Waals surface area contributed by atoms with E-state index in [1.807, 2.05) is 0 Å². The number of hydrogen-bond acceptors (Lipinski definition) is 2. The van der Waals surface area contributed by atoms with Crippen LogP contribution in [-0.4, -0.2) is 24.1 Å². The zero-order valence-corrected chi connectivity index (χ0v) is 5.68. The summed E-state index contributed by atoms with van der Waals surface area (Å²) in [4.78, 5) is 9.91. The maximum Gasteiger partial charge on any atom is 0.331 e. The smallest absolute Gasteiger partial charge is 0.331 e. The van der Waals surface area contributed by atoms with Gasteiger partial charge in [-0.2, -0.15) is 0 Å². The molecule has 0 aromatic rings. The minimum Gasteiger partial charge on any atom is -0.500 e. The lowest BCUT2D eigenvalue weighted by molar-refractivity contribution is -0.131. The van der Waals surface area contributed by atoms with Crippen molar-refractivity contribution in [2.45, 2.75) is 0 Å². The first-order chi connectivity index (χ1) is 4.20. The monoisotopic (exact) mass is 150 g/mol. The third-order valence-corrected chi connectivity index (χ3v) is 0.942. The van der Waals surface area contributed by atoms with E-state index >= 15 is 0 Å². The highest BCUT2D eigenvalue weighted by Gasteiger charge is 1.95. The standard InChI is InChI=1S/C5H7ClO3/c1-9-4(3-6)2-5(7)8/h2H,3H2,1H3,(H,7,8)/b4-2-. The fourth-order valence-corrected chi connectivity index (χ4v) is 0.476. The van der Waals surface area contributed by atoms with Crippen LogP contribution < -0.4 is 0 Å². The first-order valence-corrected chi connectivity index (χ1v) is 2.77. The van der Waals surface area contributed by atoms with Crippen LogP contribution in [0, 0.1) is 0 Å². The molecule has 0 rings (SSSR count). The van der Waals surface area contributed by atoms with Crippen molar-refractivity contribution in [2.75, 3.05) is 13.0 Å². The SMILES string of the molecule is CO/C(=C\C(=O)O)CCl. The summed E-state index contributed by atoms with van der Waals surface area (Å²) in [5.41, 5.74) is 0. The van der Waals surface area contributed by atoms with Gasteiger partial charge in [0.05, 0.1) is 19.1 Å². The van der Waals surface area contributed by atoms with Crippen molar-refractivity contribution < 1.29 is 14.6 Å². The topological polar surface area (TPSA) is 46.5 Å². The Hall–Kier alpha value is -0.700. The van der Waals surface area contributed by atoms with Crippen molar-refractivity contribution in [1.82, 2.24) is 0 Å². The second-order valence-electron chi connectivity index (χ2n) is 1.29. The van der Waals surface area contributed by atoms with Gasteiger partial charge in [0.1, 0.15) is 5.76 Å². The molecule has 0 fully saturated rings. The quantitative estimate of drug-likeness (QED) is 0.369. The third-order valence-electron chi connectivity index (χ3n) is 0.678. The number of hydrogen-bond donors (Lipinski definition) is 1. The molecule has 0 aromatic heterocycles. The largest absolute Gasteiger partial charge is 0.500 e. The molecular weight excluding hydrogens is 144 g/mol. The van der Waals surface area contributed by atoms with Crippen molar-refractivity contribution in [3.63, 3.8) is 0 Å². The molecule has 4 heteroatoms. The molecule has 52 valence electrons. The molecule has 0 saturated heterocycles. The summed E-state index contributed by atoms with van der Waals surface area (Å²) in [6, 6.07) is 0. The van der Waals surface area contributed by atoms with E-state index in [4.69, 9.17) is 16.7 Å². The normalized spacial score (nSPS) is 11.1. The van der Waals surface area contributed by atoms with E-state index in [-0.39, 0.29) is 11.6 Å². The zero-order valence-electron chi connectivity index (χ0n) is 4.93. The molecule has 0 radical (unpaired) electrons. The lowest BCUT2D eigenvalue weighted by atomic mass is 10.5. The average Bonchev–Trinajstić information content (AvgIpc) is 1.82. The number of allylic oxidation sites excluding steroid dienone is 1. The molecule has 0 bridgehead atoms. The molecule has 0 aliphatic carbocycles. The van der Waals surface area contributed by atoms with Crippen LogP contribution >= 0.6 is 11.6 Å². The van der Waals surface area contributed by atoms with Crippen LogP contribution in [0.2, 0.25) is 0 Å². The van der Waals surface area contributed by atoms with Crippen molar-refractivity contribution in [1.29, 1.82) is 0 Å². The third kappa shape index (κ3) is 3.85. The highest BCUT2D eigenvalue weighted by molar-refractivity contribution is 6.19. The van der Waals surface area contributed by atoms with Gasteiger partial charge < -0.3 is 9.84 Å². The van der Waals surface area contributed by atoms with Crippen molar-refractivity contribution >= 4 is 17.6 Å². The van der Waals surface area contributed by atoms with Crippen LogP contribution in [0.3, 0.4) is 0 Å². The second-order valence-corrected chi connectivity index (χ2v) is 1.55. The van der Waals surface area contributed by atoms with Gasteiger partial charge in [0.2, 0.25) is 0 Å². The van der Waals surface area contributed by atoms with E-state index in [9.17, 15) is 4.79 Å². The number of rotatable bonds is 3. The Balaban J connectivity index is 3.91. The average molecular weight is 151 g/mol. The van der Waals surface area contributed by atoms with Gasteiger partial charge in [0, 0.05) is 0 Å². The number of aliphatic carboxylic acids is 1. The second kappa shape index (κ2) is 4.21. The van der Waals surface area contributed by atoms with E-state index in [2.05, 4.69) is 4.74 Å². The number of ether oxygens (including phenoxy) is 1. The van der Waals surface area contributed by atoms with Gasteiger partial charge in [0.15, 0.2) is 0 Å². The molecule has 3 nitrogen and oxygen atoms in total. The van der Waals surface area contributed by atoms with Crippen LogP contribution in [0.4, 0.5) is 0 Å². The summed E-state index contributed by atoms with van der Waals surface area (Å²) in [5.74, 6) is -0.709. The van der Waals surface area contributed by atoms with Gasteiger partial charge >= 0.3 is 5.97 Å². The highest BCUT2D eigenvalue weighted by Crippen LogP contribution is 1.96. The predicted octanol–water partition coefficient (Wildman–Crippen LogP) is 0.840. The summed E-state index contributed by atoms with van der Waals surface area (Å²) in [6.45, 7) is 0. The number of methoxy groups -OCH3 is 1. The van der Waals surface area contributed by atoms with Crippen LogP contribution in [-0.2, 0) is 9.53 Å². The van der Waals surface area contributed by atoms with Crippen molar-refractivity contribution in [3.8, 4) is 0 Å². The number of carboxylic acid groups (broad SMARTS) is 1. The van der Waals surface area contributed by atoms with Gasteiger partial charge in [-0.1, -0.05) is 0 Å². The molecule has 0 aliphatic rings. The number of carbonyl (C=O) groups is 1. The van der Waals surface area contributed by atoms with Gasteiger partial charge in [-0.25, -0.2) is 4.79 Å². The maximum absolute atomic E-state index is 9.91. The predicted molar refractivity (Wildman–Crippen MR) is 33.4 cm³/mol. The van der Waals surface area contributed by atoms with Crippen LogP contribution in [0.1, 0.15) is 0 Å². The van der Waals surface area contributed by atoms with E-state index in [1.54, 1.807) is 0 Å². The van der Waals surface area contributed by atoms with E-state index in [0.29, 0.717) is 0 Å². The number of halogens is 1. The summed E-state index contributed by atoms with van der Waals surface area (Å²) >= 11 is 5.26. The molecule has 0 aliphatic heterocycles. The Bertz CT molecular complexity index is 124. The minimum absolute atomic E-state index is 0.0861. The Morgan fingerprint density at radius 3 is 2.56 bits per heavy atom. The van der Waals surface area contributed by atoms with E-state index in [0.717, 1.165) is 6.08 Å². The van der Waals surface area contributed by atoms with Gasteiger partial charge in [0.25, 0.3) is 0 Å². The maximum atomic E-state index is 9.91. The van der Waals surface area contributed by atoms with Crippen molar-refractivity contribution in [2.24, 2.45) is 0 Å². The number of carboxylic acids is 1. The van der Waals surface area contributed by atoms with Crippen LogP contribution in [0.15, 0.2) is 11.8 Å². The van der Waals surface area contributed by atoms with Gasteiger partial charge in [-0.3, -0.25) is 0 Å². The van der Waals surface area contributed by atoms with E-state index in [1.165, 1.54) is 7.11 Å². The van der Waals surface area contributed by atoms with Gasteiger partial charge in [-0.05, 0) is 0 Å². The Morgan fingerprint density at radius 1 is 1.89 bits per heavy atom. The van der Waals surface area contributed by atoms with Crippen molar-refractivity contribution in [3.05, 3.63) is 11.8 Å². The Morgan fingerprint density at radius 2 is 2.44 bits per heavy atom. The molecular formula is C5H7ClO3. The fourth-order valence-electron chi connectivity index (χ4n) is 0.290. The number of alkyl halides is 1. The molecule has 0 heterocycles. The molecule has 0 amide bonds. The molecule has 1 N–H and O–H groups in total. The fraction of sp³-hybridized carbons (Fsp3) is 0.400. The minimum atomic E-state index is -1.05. The van der Waals surface area contributed by atoms with E-state index < -0.39 is 5.97 Å². The summed E-state index contributed by atoms with van der Waals surface area (Å²) in [6.07, 6.45) is 0.924. The lowest BCUT2D eigenvalue weighted by Gasteiger charge is -1.96. The highest BCUT2D eigenvalue weighted by atomic mass is 35.5. The first-order valence-electron chi connectivity index (χ1n) is 2.24. The molecule has 0 aromatic carbocycles. The summed E-state index contributed by atoms with van der Waals surface area (Å²) in [5, 5.41) is 8.13. The molecule has 0 saturated carbocycles. The molecule has 9 heavy (non-hydrogen) atoms. The lowest BCUT2D eigenvalue weighted by Crippen LogP contribution is -1.95. The van der Waals surface area contributed by atoms with Gasteiger partial charge in [-0.15, -0.1) is 11.6 Å². The van der Waals surface area contributed by atoms with Crippen LogP contribution in [0.5, 0.6) is 0 Å². The first kappa shape index (κ1) is 8.30. The summed E-state index contributed by atoms with van der Waals surface area (Å²) < 4.78 is 4.56. The molecule has 0 atom stereocenters. The van der Waals surface area contributed by atoms with Crippen LogP contribution in [0.25, 0.3) is 0 Å². The Kier molecular flexibility index (Phi) is 3.88. The molecule has 0 spiro atoms. The zero-order chi connectivity index (χ0) is 7.28.